The number of aromatic nitrogens is 3. The van der Waals surface area contributed by atoms with Crippen molar-refractivity contribution < 1.29 is 13.9 Å². The van der Waals surface area contributed by atoms with Crippen molar-refractivity contribution in [2.24, 2.45) is 5.73 Å². The van der Waals surface area contributed by atoms with E-state index in [2.05, 4.69) is 16.1 Å². The van der Waals surface area contributed by atoms with E-state index in [1.54, 1.807) is 36.4 Å². The molecule has 0 aliphatic rings. The minimum atomic E-state index is -0.862. The molecule has 115 valence electrons. The Bertz CT molecular complexity index is 918. The van der Waals surface area contributed by atoms with Crippen LogP contribution >= 0.6 is 0 Å². The number of benzene rings is 1. The fourth-order valence-corrected chi connectivity index (χ4v) is 2.17. The first kappa shape index (κ1) is 14.7. The van der Waals surface area contributed by atoms with E-state index in [-0.39, 0.29) is 5.52 Å². The first-order valence-corrected chi connectivity index (χ1v) is 6.67. The molecule has 23 heavy (non-hydrogen) atoms. The van der Waals surface area contributed by atoms with Crippen molar-refractivity contribution in [3.05, 3.63) is 53.6 Å². The number of nitrogens with two attached hydrogens (primary N) is 1. The highest BCUT2D eigenvalue weighted by Crippen LogP contribution is 2.22. The minimum absolute atomic E-state index is 0.0227. The molecule has 0 aliphatic carbocycles. The topological polar surface area (TPSA) is 83.0 Å². The second kappa shape index (κ2) is 5.88. The third-order valence-electron chi connectivity index (χ3n) is 3.19. The molecule has 0 unspecified atom stereocenters. The van der Waals surface area contributed by atoms with Gasteiger partial charge in [-0.05, 0) is 36.4 Å². The average molecular weight is 311 g/mol. The molecule has 1 amide bonds. The summed E-state index contributed by atoms with van der Waals surface area (Å²) in [6.45, 7) is 0. The fraction of sp³-hybridized carbons (Fsp3) is 0.0625. The van der Waals surface area contributed by atoms with Gasteiger partial charge in [-0.3, -0.25) is 0 Å². The van der Waals surface area contributed by atoms with E-state index in [0.717, 1.165) is 10.7 Å². The van der Waals surface area contributed by atoms with Gasteiger partial charge in [-0.2, -0.15) is 9.78 Å². The number of ether oxygens (including phenoxy) is 1. The van der Waals surface area contributed by atoms with Crippen molar-refractivity contribution in [2.45, 2.75) is 0 Å². The molecule has 3 rings (SSSR count). The first-order chi connectivity index (χ1) is 11.1. The summed E-state index contributed by atoms with van der Waals surface area (Å²) in [4.78, 5) is 15.7. The normalized spacial score (nSPS) is 11.2. The molecule has 0 saturated heterocycles. The summed E-state index contributed by atoms with van der Waals surface area (Å²) >= 11 is 0. The standard InChI is InChI=1S/C16H12FN4O2/c1-23-14-7-2-4-10(19-14)8-9-13-11-5-3-6-12(17)15(11)21(20-13)16(18)22/h2,4-9H,1H3,(H2,18,22)/b9-8+. The van der Waals surface area contributed by atoms with Crippen LogP contribution in [0.1, 0.15) is 11.4 Å². The Balaban J connectivity index is 2.08. The predicted octanol–water partition coefficient (Wildman–Crippen LogP) is 2.48. The number of hydrogen-bond acceptors (Lipinski definition) is 4. The Morgan fingerprint density at radius 3 is 2.96 bits per heavy atom. The van der Waals surface area contributed by atoms with E-state index in [9.17, 15) is 9.18 Å². The predicted molar refractivity (Wildman–Crippen MR) is 83.2 cm³/mol. The van der Waals surface area contributed by atoms with E-state index in [1.165, 1.54) is 7.11 Å². The van der Waals surface area contributed by atoms with Crippen molar-refractivity contribution in [3.63, 3.8) is 0 Å². The van der Waals surface area contributed by atoms with Crippen LogP contribution in [0.2, 0.25) is 0 Å². The monoisotopic (exact) mass is 311 g/mol. The summed E-state index contributed by atoms with van der Waals surface area (Å²) in [5.74, 6) is -0.146. The lowest BCUT2D eigenvalue weighted by molar-refractivity contribution is 0.248. The number of rotatable bonds is 3. The Kier molecular flexibility index (Phi) is 3.76. The molecule has 0 aliphatic heterocycles. The van der Waals surface area contributed by atoms with Gasteiger partial charge in [0, 0.05) is 11.5 Å². The molecular weight excluding hydrogens is 299 g/mol. The van der Waals surface area contributed by atoms with Crippen LogP contribution in [0.4, 0.5) is 9.18 Å². The average Bonchev–Trinajstić information content (AvgIpc) is 2.94. The number of amides is 1. The summed E-state index contributed by atoms with van der Waals surface area (Å²) in [7, 11) is 1.52. The largest absolute Gasteiger partial charge is 0.481 e. The lowest BCUT2D eigenvalue weighted by Gasteiger charge is -1.98. The zero-order valence-electron chi connectivity index (χ0n) is 12.2. The van der Waals surface area contributed by atoms with E-state index < -0.39 is 11.8 Å². The number of fused-ring (bicyclic) bond motifs is 1. The Labute approximate surface area is 131 Å². The van der Waals surface area contributed by atoms with Gasteiger partial charge in [0.1, 0.15) is 11.3 Å². The molecule has 6 nitrogen and oxygen atoms in total. The third kappa shape index (κ3) is 2.76. The first-order valence-electron chi connectivity index (χ1n) is 6.67. The number of primary amides is 1. The maximum atomic E-state index is 13.9. The molecule has 0 bridgehead atoms. The zero-order valence-corrected chi connectivity index (χ0v) is 12.2. The summed E-state index contributed by atoms with van der Waals surface area (Å²) in [5.41, 5.74) is 6.28. The minimum Gasteiger partial charge on any atom is -0.481 e. The van der Waals surface area contributed by atoms with Gasteiger partial charge in [-0.25, -0.2) is 14.2 Å². The lowest BCUT2D eigenvalue weighted by Crippen LogP contribution is -2.21. The van der Waals surface area contributed by atoms with E-state index in [4.69, 9.17) is 10.5 Å². The molecule has 0 spiro atoms. The van der Waals surface area contributed by atoms with Crippen molar-refractivity contribution >= 4 is 29.1 Å². The van der Waals surface area contributed by atoms with Crippen molar-refractivity contribution in [1.82, 2.24) is 14.8 Å². The summed E-state index contributed by atoms with van der Waals surface area (Å²) in [6.07, 6.45) is 3.30. The van der Waals surface area contributed by atoms with Crippen LogP contribution in [0.5, 0.6) is 5.88 Å². The van der Waals surface area contributed by atoms with Crippen LogP contribution in [-0.2, 0) is 0 Å². The smallest absolute Gasteiger partial charge is 0.340 e. The zero-order chi connectivity index (χ0) is 16.4. The van der Waals surface area contributed by atoms with Gasteiger partial charge in [0.15, 0.2) is 0 Å². The number of halogens is 1. The van der Waals surface area contributed by atoms with E-state index >= 15 is 0 Å². The highest BCUT2D eigenvalue weighted by atomic mass is 19.1. The maximum absolute atomic E-state index is 13.9. The number of pyridine rings is 1. The van der Waals surface area contributed by atoms with Crippen LogP contribution in [0.15, 0.2) is 30.3 Å². The highest BCUT2D eigenvalue weighted by Gasteiger charge is 2.15. The lowest BCUT2D eigenvalue weighted by atomic mass is 10.2. The number of carbonyl (C=O) groups excluding carboxylic acids is 1. The third-order valence-corrected chi connectivity index (χ3v) is 3.19. The molecule has 2 heterocycles. The van der Waals surface area contributed by atoms with Crippen molar-refractivity contribution in [3.8, 4) is 5.88 Å². The van der Waals surface area contributed by atoms with E-state index in [0.29, 0.717) is 22.7 Å². The number of nitrogens with zero attached hydrogens (tertiary/aromatic N) is 3. The molecule has 1 radical (unpaired) electrons. The second-order valence-electron chi connectivity index (χ2n) is 4.64. The summed E-state index contributed by atoms with van der Waals surface area (Å²) < 4.78 is 19.8. The molecule has 3 aromatic rings. The van der Waals surface area contributed by atoms with Gasteiger partial charge in [-0.1, -0.05) is 6.07 Å². The van der Waals surface area contributed by atoms with Crippen LogP contribution in [0.25, 0.3) is 23.1 Å². The van der Waals surface area contributed by atoms with Gasteiger partial charge in [0.25, 0.3) is 0 Å². The van der Waals surface area contributed by atoms with Crippen LogP contribution in [0.3, 0.4) is 0 Å². The van der Waals surface area contributed by atoms with Gasteiger partial charge in [-0.15, -0.1) is 0 Å². The van der Waals surface area contributed by atoms with Crippen LogP contribution in [-0.4, -0.2) is 27.9 Å². The second-order valence-corrected chi connectivity index (χ2v) is 4.64. The number of carbonyl (C=O) groups is 1. The summed E-state index contributed by atoms with van der Waals surface area (Å²) in [6, 6.07) is 9.76. The van der Waals surface area contributed by atoms with Crippen molar-refractivity contribution in [1.29, 1.82) is 0 Å². The molecule has 0 atom stereocenters. The van der Waals surface area contributed by atoms with Gasteiger partial charge >= 0.3 is 6.03 Å². The fourth-order valence-electron chi connectivity index (χ4n) is 2.17. The molecule has 2 aromatic heterocycles. The van der Waals surface area contributed by atoms with Gasteiger partial charge < -0.3 is 10.5 Å². The highest BCUT2D eigenvalue weighted by molar-refractivity contribution is 5.95. The maximum Gasteiger partial charge on any atom is 0.340 e. The summed E-state index contributed by atoms with van der Waals surface area (Å²) in [5, 5.41) is 4.48. The van der Waals surface area contributed by atoms with Crippen molar-refractivity contribution in [2.75, 3.05) is 7.11 Å². The molecule has 0 saturated carbocycles. The molecule has 1 aromatic carbocycles. The quantitative estimate of drug-likeness (QED) is 0.805. The van der Waals surface area contributed by atoms with Gasteiger partial charge in [0.05, 0.1) is 18.5 Å². The SMILES string of the molecule is COc1cccc(/C=C/c2nn(C(N)=O)c3c(F)c[c]cc23)n1. The molecule has 0 fully saturated rings. The number of hydrogen-bond donors (Lipinski definition) is 1. The molecule has 2 N–H and O–H groups in total. The Morgan fingerprint density at radius 2 is 2.22 bits per heavy atom. The number of methoxy groups -OCH3 is 1. The molecule has 7 heteroatoms. The Hall–Kier alpha value is -3.22. The van der Waals surface area contributed by atoms with E-state index in [1.807, 2.05) is 0 Å². The molecular formula is C16H12FN4O2. The van der Waals surface area contributed by atoms with Gasteiger partial charge in [0.2, 0.25) is 5.88 Å². The van der Waals surface area contributed by atoms with Crippen LogP contribution in [0, 0.1) is 11.9 Å². The van der Waals surface area contributed by atoms with Crippen LogP contribution < -0.4 is 10.5 Å². The Morgan fingerprint density at radius 1 is 1.39 bits per heavy atom.